The van der Waals surface area contributed by atoms with Crippen molar-refractivity contribution in [2.45, 2.75) is 58.2 Å². The Kier molecular flexibility index (Phi) is 3.89. The van der Waals surface area contributed by atoms with E-state index in [1.807, 2.05) is 12.1 Å². The Labute approximate surface area is 126 Å². The van der Waals surface area contributed by atoms with Crippen molar-refractivity contribution in [3.05, 3.63) is 23.8 Å². The molecular formula is C17H25N3O. The maximum Gasteiger partial charge on any atom is 0.221 e. The van der Waals surface area contributed by atoms with Crippen LogP contribution < -0.4 is 10.6 Å². The number of anilines is 2. The first kappa shape index (κ1) is 14.4. The van der Waals surface area contributed by atoms with E-state index in [1.54, 1.807) is 6.92 Å². The highest BCUT2D eigenvalue weighted by Gasteiger charge is 2.38. The molecule has 2 aliphatic rings. The zero-order valence-electron chi connectivity index (χ0n) is 13.1. The third-order valence-corrected chi connectivity index (χ3v) is 4.56. The van der Waals surface area contributed by atoms with E-state index in [4.69, 9.17) is 0 Å². The van der Waals surface area contributed by atoms with Gasteiger partial charge in [0.15, 0.2) is 0 Å². The van der Waals surface area contributed by atoms with Gasteiger partial charge in [-0.05, 0) is 50.8 Å². The summed E-state index contributed by atoms with van der Waals surface area (Å²) in [6, 6.07) is 8.07. The quantitative estimate of drug-likeness (QED) is 0.895. The molecule has 21 heavy (non-hydrogen) atoms. The first-order valence-corrected chi connectivity index (χ1v) is 7.93. The van der Waals surface area contributed by atoms with Crippen LogP contribution >= 0.6 is 0 Å². The van der Waals surface area contributed by atoms with Gasteiger partial charge in [0.25, 0.3) is 0 Å². The molecule has 1 aromatic carbocycles. The Hall–Kier alpha value is -1.55. The lowest BCUT2D eigenvalue weighted by Crippen LogP contribution is -2.31. The van der Waals surface area contributed by atoms with Crippen molar-refractivity contribution < 1.29 is 4.79 Å². The third-order valence-electron chi connectivity index (χ3n) is 4.56. The number of benzene rings is 1. The lowest BCUT2D eigenvalue weighted by molar-refractivity contribution is -0.114. The zero-order chi connectivity index (χ0) is 15.0. The highest BCUT2D eigenvalue weighted by molar-refractivity contribution is 5.89. The fraction of sp³-hybridized carbons (Fsp3) is 0.588. The van der Waals surface area contributed by atoms with Gasteiger partial charge in [0.2, 0.25) is 5.91 Å². The van der Waals surface area contributed by atoms with Crippen LogP contribution in [0.4, 0.5) is 11.4 Å². The van der Waals surface area contributed by atoms with Gasteiger partial charge in [-0.2, -0.15) is 0 Å². The fourth-order valence-corrected chi connectivity index (χ4v) is 3.35. The van der Waals surface area contributed by atoms with Crippen LogP contribution in [0.25, 0.3) is 0 Å². The minimum Gasteiger partial charge on any atom is -0.381 e. The monoisotopic (exact) mass is 287 g/mol. The second-order valence-electron chi connectivity index (χ2n) is 6.56. The van der Waals surface area contributed by atoms with E-state index in [9.17, 15) is 4.79 Å². The average Bonchev–Trinajstić information content (AvgIpc) is 3.18. The lowest BCUT2D eigenvalue weighted by atomic mass is 10.1. The third kappa shape index (κ3) is 3.38. The molecular weight excluding hydrogens is 262 g/mol. The lowest BCUT2D eigenvalue weighted by Gasteiger charge is -2.20. The Morgan fingerprint density at radius 2 is 2.10 bits per heavy atom. The maximum atomic E-state index is 11.2. The molecule has 0 spiro atoms. The molecule has 1 aliphatic heterocycles. The first-order valence-electron chi connectivity index (χ1n) is 7.93. The predicted octanol–water partition coefficient (Wildman–Crippen LogP) is 2.99. The van der Waals surface area contributed by atoms with Gasteiger partial charge >= 0.3 is 0 Å². The predicted molar refractivity (Wildman–Crippen MR) is 86.7 cm³/mol. The summed E-state index contributed by atoms with van der Waals surface area (Å²) in [5, 5.41) is 6.53. The Balaban J connectivity index is 1.68. The zero-order valence-corrected chi connectivity index (χ0v) is 13.1. The molecule has 0 aromatic heterocycles. The molecule has 0 bridgehead atoms. The van der Waals surface area contributed by atoms with Gasteiger partial charge in [0, 0.05) is 43.0 Å². The van der Waals surface area contributed by atoms with Crippen LogP contribution in [-0.2, 0) is 4.79 Å². The molecule has 1 saturated carbocycles. The Bertz CT molecular complexity index is 539. The number of likely N-dealkylation sites (tertiary alicyclic amines) is 1. The highest BCUT2D eigenvalue weighted by Crippen LogP contribution is 2.34. The molecule has 1 saturated heterocycles. The van der Waals surface area contributed by atoms with Gasteiger partial charge in [-0.3, -0.25) is 9.69 Å². The number of amides is 1. The van der Waals surface area contributed by atoms with Crippen molar-refractivity contribution in [1.82, 2.24) is 4.90 Å². The summed E-state index contributed by atoms with van der Waals surface area (Å²) < 4.78 is 0. The Morgan fingerprint density at radius 3 is 2.76 bits per heavy atom. The van der Waals surface area contributed by atoms with E-state index in [-0.39, 0.29) is 5.91 Å². The van der Waals surface area contributed by atoms with Crippen molar-refractivity contribution in [3.63, 3.8) is 0 Å². The molecule has 4 nitrogen and oxygen atoms in total. The molecule has 2 N–H and O–H groups in total. The molecule has 1 aliphatic carbocycles. The normalized spacial score (nSPS) is 25.9. The van der Waals surface area contributed by atoms with Crippen LogP contribution in [0.1, 0.15) is 38.7 Å². The van der Waals surface area contributed by atoms with E-state index in [0.29, 0.717) is 12.1 Å². The number of hydrogen-bond acceptors (Lipinski definition) is 3. The number of aryl methyl sites for hydroxylation is 1. The van der Waals surface area contributed by atoms with Gasteiger partial charge in [-0.1, -0.05) is 6.07 Å². The number of hydrogen-bond donors (Lipinski definition) is 2. The van der Waals surface area contributed by atoms with Crippen LogP contribution in [-0.4, -0.2) is 35.5 Å². The average molecular weight is 287 g/mol. The molecule has 3 rings (SSSR count). The molecule has 2 fully saturated rings. The van der Waals surface area contributed by atoms with Crippen LogP contribution in [0.2, 0.25) is 0 Å². The summed E-state index contributed by atoms with van der Waals surface area (Å²) in [6.07, 6.45) is 3.93. The standard InChI is InChI=1S/C17H25N3O/c1-11-4-5-14(18-13(3)21)9-17(11)19-15-8-12(2)20(10-15)16-6-7-16/h4-5,9,12,15-16,19H,6-8,10H2,1-3H3,(H,18,21)/t12-,15+/m1/s1. The molecule has 4 heteroatoms. The Morgan fingerprint density at radius 1 is 1.33 bits per heavy atom. The van der Waals surface area contributed by atoms with Gasteiger partial charge in [0.1, 0.15) is 0 Å². The number of nitrogens with zero attached hydrogens (tertiary/aromatic N) is 1. The first-order chi connectivity index (χ1) is 10.0. The summed E-state index contributed by atoms with van der Waals surface area (Å²) in [5.74, 6) is -0.0285. The van der Waals surface area contributed by atoms with Crippen LogP contribution in [0.3, 0.4) is 0 Å². The molecule has 0 radical (unpaired) electrons. The topological polar surface area (TPSA) is 44.4 Å². The van der Waals surface area contributed by atoms with Gasteiger partial charge in [-0.25, -0.2) is 0 Å². The molecule has 1 heterocycles. The smallest absolute Gasteiger partial charge is 0.221 e. The van der Waals surface area contributed by atoms with Crippen molar-refractivity contribution >= 4 is 17.3 Å². The van der Waals surface area contributed by atoms with Crippen molar-refractivity contribution in [1.29, 1.82) is 0 Å². The van der Waals surface area contributed by atoms with Crippen LogP contribution in [0, 0.1) is 6.92 Å². The number of nitrogens with one attached hydrogen (secondary N) is 2. The summed E-state index contributed by atoms with van der Waals surface area (Å²) >= 11 is 0. The minimum atomic E-state index is -0.0285. The van der Waals surface area contributed by atoms with Crippen LogP contribution in [0.5, 0.6) is 0 Å². The van der Waals surface area contributed by atoms with E-state index < -0.39 is 0 Å². The van der Waals surface area contributed by atoms with Crippen LogP contribution in [0.15, 0.2) is 18.2 Å². The van der Waals surface area contributed by atoms with Gasteiger partial charge in [-0.15, -0.1) is 0 Å². The second kappa shape index (κ2) is 5.68. The molecule has 2 atom stereocenters. The number of rotatable bonds is 4. The fourth-order valence-electron chi connectivity index (χ4n) is 3.35. The summed E-state index contributed by atoms with van der Waals surface area (Å²) in [6.45, 7) is 7.12. The van der Waals surface area contributed by atoms with E-state index >= 15 is 0 Å². The van der Waals surface area contributed by atoms with E-state index in [2.05, 4.69) is 35.4 Å². The van der Waals surface area contributed by atoms with E-state index in [1.165, 1.54) is 24.8 Å². The minimum absolute atomic E-state index is 0.0285. The molecule has 1 amide bonds. The second-order valence-corrected chi connectivity index (χ2v) is 6.56. The van der Waals surface area contributed by atoms with Gasteiger partial charge in [0.05, 0.1) is 0 Å². The SMILES string of the molecule is CC(=O)Nc1ccc(C)c(N[C@H]2C[C@@H](C)N(C3CC3)C2)c1. The summed E-state index contributed by atoms with van der Waals surface area (Å²) in [7, 11) is 0. The van der Waals surface area contributed by atoms with Crippen molar-refractivity contribution in [2.75, 3.05) is 17.2 Å². The van der Waals surface area contributed by atoms with Crippen molar-refractivity contribution in [3.8, 4) is 0 Å². The summed E-state index contributed by atoms with van der Waals surface area (Å²) in [4.78, 5) is 13.8. The van der Waals surface area contributed by atoms with Gasteiger partial charge < -0.3 is 10.6 Å². The number of carbonyl (C=O) groups excluding carboxylic acids is 1. The maximum absolute atomic E-state index is 11.2. The molecule has 1 aromatic rings. The largest absolute Gasteiger partial charge is 0.381 e. The summed E-state index contributed by atoms with van der Waals surface area (Å²) in [5.41, 5.74) is 3.22. The van der Waals surface area contributed by atoms with Crippen molar-refractivity contribution in [2.24, 2.45) is 0 Å². The van der Waals surface area contributed by atoms with E-state index in [0.717, 1.165) is 24.0 Å². The molecule has 114 valence electrons. The number of carbonyl (C=O) groups is 1. The highest BCUT2D eigenvalue weighted by atomic mass is 16.1. The molecule has 0 unspecified atom stereocenters.